The highest BCUT2D eigenvalue weighted by Crippen LogP contribution is 2.21. The molecule has 0 atom stereocenters. The lowest BCUT2D eigenvalue weighted by molar-refractivity contribution is -0.126. The molecule has 2 N–H and O–H groups in total. The second kappa shape index (κ2) is 7.34. The molecule has 0 aromatic heterocycles. The topological polar surface area (TPSA) is 41.1 Å². The third-order valence-corrected chi connectivity index (χ3v) is 3.86. The van der Waals surface area contributed by atoms with Crippen LogP contribution in [0.5, 0.6) is 0 Å². The molecular formula is C12H15BrCl2N2O. The molecular weight excluding hydrogens is 339 g/mol. The Morgan fingerprint density at radius 1 is 1.50 bits per heavy atom. The van der Waals surface area contributed by atoms with E-state index >= 15 is 0 Å². The molecule has 18 heavy (non-hydrogen) atoms. The Bertz CT molecular complexity index is 425. The van der Waals surface area contributed by atoms with Crippen molar-refractivity contribution >= 4 is 45.8 Å². The second-order valence-corrected chi connectivity index (χ2v) is 5.42. The summed E-state index contributed by atoms with van der Waals surface area (Å²) in [5.74, 6) is 0.291. The molecule has 1 fully saturated rings. The van der Waals surface area contributed by atoms with Crippen molar-refractivity contribution in [2.75, 3.05) is 19.6 Å². The molecule has 0 spiro atoms. The van der Waals surface area contributed by atoms with Gasteiger partial charge in [0.05, 0.1) is 5.92 Å². The quantitative estimate of drug-likeness (QED) is 0.872. The lowest BCUT2D eigenvalue weighted by Gasteiger charge is -2.25. The largest absolute Gasteiger partial charge is 0.355 e. The lowest BCUT2D eigenvalue weighted by Crippen LogP contribution is -2.51. The van der Waals surface area contributed by atoms with E-state index in [9.17, 15) is 4.79 Å². The minimum atomic E-state index is 0. The Kier molecular flexibility index (Phi) is 6.43. The van der Waals surface area contributed by atoms with Gasteiger partial charge in [0.15, 0.2) is 0 Å². The van der Waals surface area contributed by atoms with E-state index in [2.05, 4.69) is 26.6 Å². The summed E-state index contributed by atoms with van der Waals surface area (Å²) in [6.07, 6.45) is 0.785. The molecule has 2 rings (SSSR count). The highest BCUT2D eigenvalue weighted by atomic mass is 79.9. The van der Waals surface area contributed by atoms with E-state index in [0.717, 1.165) is 34.6 Å². The minimum Gasteiger partial charge on any atom is -0.355 e. The number of carbonyl (C=O) groups excluding carboxylic acids is 1. The lowest BCUT2D eigenvalue weighted by atomic mass is 10.0. The fourth-order valence-corrected chi connectivity index (χ4v) is 2.31. The highest BCUT2D eigenvalue weighted by Gasteiger charge is 2.24. The van der Waals surface area contributed by atoms with Crippen LogP contribution in [0.15, 0.2) is 22.7 Å². The number of halogens is 3. The van der Waals surface area contributed by atoms with E-state index in [-0.39, 0.29) is 24.2 Å². The van der Waals surface area contributed by atoms with Crippen LogP contribution >= 0.6 is 39.9 Å². The first-order valence-electron chi connectivity index (χ1n) is 5.59. The number of rotatable bonds is 4. The van der Waals surface area contributed by atoms with E-state index in [4.69, 9.17) is 11.6 Å². The number of benzene rings is 1. The van der Waals surface area contributed by atoms with Gasteiger partial charge in [-0.2, -0.15) is 0 Å². The molecule has 100 valence electrons. The van der Waals surface area contributed by atoms with Gasteiger partial charge in [0.25, 0.3) is 0 Å². The Labute approximate surface area is 126 Å². The molecule has 0 saturated carbocycles. The summed E-state index contributed by atoms with van der Waals surface area (Å²) in [6, 6.07) is 5.69. The van der Waals surface area contributed by atoms with Gasteiger partial charge in [0, 0.05) is 29.1 Å². The van der Waals surface area contributed by atoms with Gasteiger partial charge >= 0.3 is 0 Å². The molecule has 0 unspecified atom stereocenters. The maximum absolute atomic E-state index is 11.6. The maximum atomic E-state index is 11.6. The Morgan fingerprint density at radius 2 is 2.22 bits per heavy atom. The summed E-state index contributed by atoms with van der Waals surface area (Å²) in [7, 11) is 0. The van der Waals surface area contributed by atoms with Crippen molar-refractivity contribution in [3.8, 4) is 0 Å². The fourth-order valence-electron chi connectivity index (χ4n) is 1.67. The monoisotopic (exact) mass is 352 g/mol. The molecule has 3 nitrogen and oxygen atoms in total. The molecule has 6 heteroatoms. The van der Waals surface area contributed by atoms with Crippen molar-refractivity contribution < 1.29 is 4.79 Å². The van der Waals surface area contributed by atoms with Crippen molar-refractivity contribution in [3.63, 3.8) is 0 Å². The Hall–Kier alpha value is -0.290. The Morgan fingerprint density at radius 3 is 2.83 bits per heavy atom. The first-order chi connectivity index (χ1) is 8.16. The smallest absolute Gasteiger partial charge is 0.225 e. The van der Waals surface area contributed by atoms with Crippen molar-refractivity contribution in [2.24, 2.45) is 5.92 Å². The number of nitrogens with one attached hydrogen (secondary N) is 2. The molecule has 1 aliphatic rings. The predicted octanol–water partition coefficient (Wildman–Crippen LogP) is 2.40. The molecule has 1 amide bonds. The molecule has 1 aromatic carbocycles. The first kappa shape index (κ1) is 15.8. The van der Waals surface area contributed by atoms with Crippen LogP contribution in [0, 0.1) is 5.92 Å². The third-order valence-electron chi connectivity index (χ3n) is 2.85. The summed E-state index contributed by atoms with van der Waals surface area (Å²) in [6.45, 7) is 2.24. The van der Waals surface area contributed by atoms with Crippen molar-refractivity contribution in [2.45, 2.75) is 6.42 Å². The molecule has 0 aliphatic carbocycles. The van der Waals surface area contributed by atoms with E-state index in [1.807, 2.05) is 18.2 Å². The van der Waals surface area contributed by atoms with Gasteiger partial charge in [0.2, 0.25) is 5.91 Å². The summed E-state index contributed by atoms with van der Waals surface area (Å²) in [5.41, 5.74) is 1.12. The average Bonchev–Trinajstić information content (AvgIpc) is 2.20. The number of hydrogen-bond acceptors (Lipinski definition) is 2. The molecule has 1 saturated heterocycles. The van der Waals surface area contributed by atoms with Gasteiger partial charge in [-0.3, -0.25) is 4.79 Å². The average molecular weight is 354 g/mol. The zero-order valence-electron chi connectivity index (χ0n) is 9.71. The standard InChI is InChI=1S/C12H14BrClN2O.ClH/c13-11-2-1-10(14)5-8(11)3-4-16-12(17)9-6-15-7-9;/h1-2,5,9,15H,3-4,6-7H2,(H,16,17);1H. The van der Waals surface area contributed by atoms with E-state index in [1.54, 1.807) is 0 Å². The molecule has 1 aliphatic heterocycles. The van der Waals surface area contributed by atoms with Crippen LogP contribution in [0.25, 0.3) is 0 Å². The summed E-state index contributed by atoms with van der Waals surface area (Å²) in [5, 5.41) is 6.74. The third kappa shape index (κ3) is 4.12. The van der Waals surface area contributed by atoms with Crippen molar-refractivity contribution in [1.29, 1.82) is 0 Å². The van der Waals surface area contributed by atoms with E-state index in [0.29, 0.717) is 6.54 Å². The van der Waals surface area contributed by atoms with Gasteiger partial charge in [-0.15, -0.1) is 12.4 Å². The highest BCUT2D eigenvalue weighted by molar-refractivity contribution is 9.10. The van der Waals surface area contributed by atoms with Gasteiger partial charge in [0.1, 0.15) is 0 Å². The maximum Gasteiger partial charge on any atom is 0.225 e. The van der Waals surface area contributed by atoms with Gasteiger partial charge < -0.3 is 10.6 Å². The molecule has 1 heterocycles. The summed E-state index contributed by atoms with van der Waals surface area (Å²) in [4.78, 5) is 11.6. The van der Waals surface area contributed by atoms with E-state index in [1.165, 1.54) is 0 Å². The van der Waals surface area contributed by atoms with Crippen LogP contribution in [-0.2, 0) is 11.2 Å². The van der Waals surface area contributed by atoms with Crippen LogP contribution in [0.2, 0.25) is 5.02 Å². The zero-order valence-corrected chi connectivity index (χ0v) is 12.9. The van der Waals surface area contributed by atoms with Crippen molar-refractivity contribution in [1.82, 2.24) is 10.6 Å². The zero-order chi connectivity index (χ0) is 12.3. The van der Waals surface area contributed by atoms with Crippen LogP contribution in [0.4, 0.5) is 0 Å². The molecule has 0 bridgehead atoms. The second-order valence-electron chi connectivity index (χ2n) is 4.13. The fraction of sp³-hybridized carbons (Fsp3) is 0.417. The normalized spacial score (nSPS) is 14.6. The van der Waals surface area contributed by atoms with Crippen LogP contribution in [0.1, 0.15) is 5.56 Å². The minimum absolute atomic E-state index is 0. The molecule has 1 aromatic rings. The van der Waals surface area contributed by atoms with Crippen molar-refractivity contribution in [3.05, 3.63) is 33.3 Å². The summed E-state index contributed by atoms with van der Waals surface area (Å²) < 4.78 is 1.03. The van der Waals surface area contributed by atoms with Crippen LogP contribution < -0.4 is 10.6 Å². The SMILES string of the molecule is Cl.O=C(NCCc1cc(Cl)ccc1Br)C1CNC1. The van der Waals surface area contributed by atoms with Crippen LogP contribution in [-0.4, -0.2) is 25.5 Å². The Balaban J connectivity index is 0.00000162. The molecule has 0 radical (unpaired) electrons. The van der Waals surface area contributed by atoms with Crippen LogP contribution in [0.3, 0.4) is 0 Å². The number of carbonyl (C=O) groups is 1. The predicted molar refractivity (Wildman–Crippen MR) is 79.5 cm³/mol. The van der Waals surface area contributed by atoms with Gasteiger partial charge in [-0.25, -0.2) is 0 Å². The first-order valence-corrected chi connectivity index (χ1v) is 6.76. The van der Waals surface area contributed by atoms with Gasteiger partial charge in [-0.05, 0) is 30.2 Å². The number of amides is 1. The van der Waals surface area contributed by atoms with E-state index < -0.39 is 0 Å². The number of hydrogen-bond donors (Lipinski definition) is 2. The van der Waals surface area contributed by atoms with Gasteiger partial charge in [-0.1, -0.05) is 27.5 Å². The summed E-state index contributed by atoms with van der Waals surface area (Å²) >= 11 is 9.39.